The maximum Gasteiger partial charge on any atom is 0.397 e. The molecule has 28 nitrogen and oxygen atoms in total. The van der Waals surface area contributed by atoms with Gasteiger partial charge >= 0.3 is 10.4 Å². The molecule has 4 aliphatic heterocycles. The summed E-state index contributed by atoms with van der Waals surface area (Å²) in [7, 11) is -5.15. The van der Waals surface area contributed by atoms with Gasteiger partial charge in [0.1, 0.15) is 97.4 Å². The summed E-state index contributed by atoms with van der Waals surface area (Å²) in [6.45, 7) is 1.43. The van der Waals surface area contributed by atoms with E-state index in [-0.39, 0.29) is 6.42 Å². The fraction of sp³-hybridized carbons (Fsp3) is 0.913. The monoisotopic (exact) mass is 1110 g/mol. The fourth-order valence-electron chi connectivity index (χ4n) is 9.64. The zero-order valence-corrected chi connectivity index (χ0v) is 43.7. The Kier molecular flexibility index (Phi) is 27.3. The maximum absolute atomic E-state index is 13.3. The van der Waals surface area contributed by atoms with Gasteiger partial charge in [0.2, 0.25) is 23.6 Å². The summed E-state index contributed by atoms with van der Waals surface area (Å²) >= 11 is 0. The Balaban J connectivity index is 1.49. The predicted octanol–water partition coefficient (Wildman–Crippen LogP) is -3.89. The van der Waals surface area contributed by atoms with Crippen LogP contribution in [0.15, 0.2) is 0 Å². The Hall–Kier alpha value is -2.89. The van der Waals surface area contributed by atoms with Gasteiger partial charge in [0, 0.05) is 27.2 Å². The van der Waals surface area contributed by atoms with Gasteiger partial charge in [0.15, 0.2) is 25.2 Å². The first-order chi connectivity index (χ1) is 35.5. The lowest BCUT2D eigenvalue weighted by Crippen LogP contribution is -2.71. The lowest BCUT2D eigenvalue weighted by Gasteiger charge is -2.51. The third-order valence-corrected chi connectivity index (χ3v) is 13.9. The summed E-state index contributed by atoms with van der Waals surface area (Å²) in [6.07, 6.45) is -14.6. The molecule has 4 amide bonds. The van der Waals surface area contributed by atoms with Crippen LogP contribution in [0.25, 0.3) is 0 Å². The Morgan fingerprint density at radius 1 is 0.467 bits per heavy atom. The Bertz CT molecular complexity index is 1860. The average Bonchev–Trinajstić information content (AvgIpc) is 3.34. The molecule has 0 radical (unpaired) electrons. The van der Waals surface area contributed by atoms with Crippen molar-refractivity contribution in [3.05, 3.63) is 0 Å². The molecule has 4 aliphatic rings. The molecule has 0 bridgehead atoms. The van der Waals surface area contributed by atoms with Gasteiger partial charge in [-0.05, 0) is 6.42 Å². The third kappa shape index (κ3) is 19.5. The summed E-state index contributed by atoms with van der Waals surface area (Å²) in [5, 5.41) is 109. The molecule has 0 aromatic heterocycles. The highest BCUT2D eigenvalue weighted by Crippen LogP contribution is 2.35. The van der Waals surface area contributed by atoms with E-state index in [2.05, 4.69) is 32.4 Å². The smallest absolute Gasteiger partial charge is 0.394 e. The molecule has 20 atom stereocenters. The van der Waals surface area contributed by atoms with E-state index >= 15 is 0 Å². The van der Waals surface area contributed by atoms with Gasteiger partial charge in [-0.2, -0.15) is 8.42 Å². The topological polar surface area (TPSA) is 427 Å². The Morgan fingerprint density at radius 3 is 1.23 bits per heavy atom. The van der Waals surface area contributed by atoms with E-state index in [0.717, 1.165) is 52.9 Å². The number of carbonyl (C=O) groups is 4. The predicted molar refractivity (Wildman–Crippen MR) is 255 cm³/mol. The van der Waals surface area contributed by atoms with E-state index in [9.17, 15) is 78.1 Å². The SMILES string of the molecule is CCCCCCCCCCCCCCCC(=O)N[C@H]1C(O[C@H]2C(O)[C@@H](NC(C)=O)[C@H](O[C@H]3[C@H](O)[C@@H](NC(C)=O)[C@H](O[C@H]4C(O)[C@@H](NC(C)=O)[C@H](O)O[C@@H]4COS(=O)(=O)O)O[C@@H]3CO)O[C@@H]2CO)O[C@H](CO)[C@@H](O)[C@@H]1O. The van der Waals surface area contributed by atoms with E-state index in [4.69, 9.17) is 33.2 Å². The van der Waals surface area contributed by atoms with E-state index in [0.29, 0.717) is 6.42 Å². The van der Waals surface area contributed by atoms with Crippen LogP contribution >= 0.6 is 0 Å². The first-order valence-corrected chi connectivity index (χ1v) is 27.1. The molecule has 4 rings (SSSR count). The van der Waals surface area contributed by atoms with Crippen LogP contribution in [0.3, 0.4) is 0 Å². The fourth-order valence-corrected chi connectivity index (χ4v) is 9.94. The lowest BCUT2D eigenvalue weighted by atomic mass is 9.93. The zero-order chi connectivity index (χ0) is 55.6. The number of ether oxygens (including phenoxy) is 7. The van der Waals surface area contributed by atoms with Crippen LogP contribution in [0.2, 0.25) is 0 Å². The summed E-state index contributed by atoms with van der Waals surface area (Å²) in [4.78, 5) is 50.5. The number of aliphatic hydroxyl groups is 9. The maximum atomic E-state index is 13.3. The van der Waals surface area contributed by atoms with Gasteiger partial charge in [-0.15, -0.1) is 0 Å². The van der Waals surface area contributed by atoms with Crippen molar-refractivity contribution in [1.82, 2.24) is 21.3 Å². The summed E-state index contributed by atoms with van der Waals surface area (Å²) < 4.78 is 77.9. The second-order valence-corrected chi connectivity index (χ2v) is 20.6. The Morgan fingerprint density at radius 2 is 0.827 bits per heavy atom. The van der Waals surface area contributed by atoms with Crippen LogP contribution in [0.1, 0.15) is 118 Å². The van der Waals surface area contributed by atoms with Crippen LogP contribution in [0, 0.1) is 0 Å². The van der Waals surface area contributed by atoms with Gasteiger partial charge in [-0.25, -0.2) is 4.18 Å². The van der Waals surface area contributed by atoms with E-state index in [1.807, 2.05) is 0 Å². The largest absolute Gasteiger partial charge is 0.397 e. The summed E-state index contributed by atoms with van der Waals surface area (Å²) in [5.74, 6) is -2.90. The van der Waals surface area contributed by atoms with Crippen molar-refractivity contribution < 1.29 is 115 Å². The van der Waals surface area contributed by atoms with Gasteiger partial charge in [-0.1, -0.05) is 84.0 Å². The second-order valence-electron chi connectivity index (χ2n) is 19.5. The number of nitrogens with one attached hydrogen (secondary N) is 4. The minimum atomic E-state index is -5.15. The number of carbonyl (C=O) groups excluding carboxylic acids is 4. The number of hydrogen-bond donors (Lipinski definition) is 14. The van der Waals surface area contributed by atoms with Crippen molar-refractivity contribution in [2.75, 3.05) is 26.4 Å². The molecule has 14 N–H and O–H groups in total. The number of unbranched alkanes of at least 4 members (excludes halogenated alkanes) is 12. The molecule has 4 saturated heterocycles. The van der Waals surface area contributed by atoms with Crippen molar-refractivity contribution in [3.8, 4) is 0 Å². The van der Waals surface area contributed by atoms with E-state index < -0.39 is 183 Å². The number of hydrogen-bond acceptors (Lipinski definition) is 23. The highest BCUT2D eigenvalue weighted by atomic mass is 32.3. The van der Waals surface area contributed by atoms with Crippen LogP contribution in [-0.2, 0) is 66.9 Å². The first kappa shape index (κ1) is 64.6. The molecule has 4 fully saturated rings. The molecular weight excluding hydrogens is 1020 g/mol. The van der Waals surface area contributed by atoms with Crippen molar-refractivity contribution >= 4 is 34.0 Å². The number of aliphatic hydroxyl groups excluding tert-OH is 9. The molecule has 0 aliphatic carbocycles. The van der Waals surface area contributed by atoms with E-state index in [1.54, 1.807) is 0 Å². The van der Waals surface area contributed by atoms with E-state index in [1.165, 1.54) is 44.9 Å². The molecule has 0 aromatic rings. The molecule has 0 aromatic carbocycles. The average molecular weight is 1110 g/mol. The zero-order valence-electron chi connectivity index (χ0n) is 42.9. The van der Waals surface area contributed by atoms with Gasteiger partial charge in [0.25, 0.3) is 0 Å². The van der Waals surface area contributed by atoms with Gasteiger partial charge < -0.3 is 100 Å². The highest BCUT2D eigenvalue weighted by molar-refractivity contribution is 7.80. The van der Waals surface area contributed by atoms with Crippen LogP contribution in [0.4, 0.5) is 0 Å². The standard InChI is InChI=1S/C46H82N4O24S/c1-5-6-7-8-9-10-11-12-13-14-15-16-17-18-30(57)50-32-36(59)35(58)26(19-51)69-44(32)72-40-27(20-52)70-45(33(38(40)61)48-24(3)55)73-41-28(21-53)71-46(34(39(41)62)49-25(4)56)74-42-29(22-67-75(64,65)66)68-43(63)31(37(42)60)47-23(2)54/h26-29,31-46,51-53,58-63H,5-22H2,1-4H3,(H,47,54)(H,48,55)(H,49,56)(H,50,57)(H,64,65,66)/t26-,27-,28-,29-,31-,32-,33-,34-,35-,36-,37?,38?,39-,40-,41-,42-,43-,44?,45+,46+/m1/s1. The molecule has 29 heteroatoms. The van der Waals surface area contributed by atoms with Gasteiger partial charge in [-0.3, -0.25) is 23.7 Å². The lowest BCUT2D eigenvalue weighted by molar-refractivity contribution is -0.361. The van der Waals surface area contributed by atoms with Crippen LogP contribution in [0.5, 0.6) is 0 Å². The minimum absolute atomic E-state index is 0.0409. The van der Waals surface area contributed by atoms with Crippen molar-refractivity contribution in [2.45, 2.75) is 240 Å². The molecule has 0 spiro atoms. The molecule has 3 unspecified atom stereocenters. The number of rotatable bonds is 30. The van der Waals surface area contributed by atoms with Crippen LogP contribution < -0.4 is 21.3 Å². The minimum Gasteiger partial charge on any atom is -0.394 e. The first-order valence-electron chi connectivity index (χ1n) is 25.8. The summed E-state index contributed by atoms with van der Waals surface area (Å²) in [6, 6.07) is -6.57. The van der Waals surface area contributed by atoms with Gasteiger partial charge in [0.05, 0.1) is 26.4 Å². The quantitative estimate of drug-likeness (QED) is 0.0242. The normalized spacial score (nSPS) is 36.3. The molecular formula is C46H82N4O24S. The van der Waals surface area contributed by atoms with Crippen molar-refractivity contribution in [1.29, 1.82) is 0 Å². The van der Waals surface area contributed by atoms with Crippen molar-refractivity contribution in [3.63, 3.8) is 0 Å². The highest BCUT2D eigenvalue weighted by Gasteiger charge is 2.56. The number of amides is 4. The molecule has 0 saturated carbocycles. The molecule has 4 heterocycles. The van der Waals surface area contributed by atoms with Crippen molar-refractivity contribution in [2.24, 2.45) is 0 Å². The second kappa shape index (κ2) is 31.6. The molecule has 75 heavy (non-hydrogen) atoms. The third-order valence-electron chi connectivity index (χ3n) is 13.5. The van der Waals surface area contributed by atoms with Crippen LogP contribution in [-0.4, -0.2) is 232 Å². The molecule has 436 valence electrons. The summed E-state index contributed by atoms with van der Waals surface area (Å²) in [5.41, 5.74) is 0. The Labute approximate surface area is 436 Å².